The van der Waals surface area contributed by atoms with Crippen molar-refractivity contribution in [3.8, 4) is 0 Å². The van der Waals surface area contributed by atoms with Gasteiger partial charge in [0, 0.05) is 13.0 Å². The summed E-state index contributed by atoms with van der Waals surface area (Å²) in [6.45, 7) is 8.13. The number of nitrogens with zero attached hydrogens (tertiary/aromatic N) is 1. The molecule has 0 aromatic rings. The average Bonchev–Trinajstić information content (AvgIpc) is 2.48. The van der Waals surface area contributed by atoms with Crippen molar-refractivity contribution < 1.29 is 4.79 Å². The number of rotatable bonds is 9. The molecule has 122 valence electrons. The third-order valence-corrected chi connectivity index (χ3v) is 3.60. The summed E-state index contributed by atoms with van der Waals surface area (Å²) in [5, 5.41) is -0.0189. The Morgan fingerprint density at radius 3 is 2.45 bits per heavy atom. The fourth-order valence-corrected chi connectivity index (χ4v) is 2.24. The molecule has 22 heavy (non-hydrogen) atoms. The molecule has 3 heteroatoms. The van der Waals surface area contributed by atoms with Crippen molar-refractivity contribution in [2.75, 3.05) is 7.05 Å². The summed E-state index contributed by atoms with van der Waals surface area (Å²) in [4.78, 5) is 14.8. The quantitative estimate of drug-likeness (QED) is 0.186. The maximum absolute atomic E-state index is 10.8. The molecule has 2 unspecified atom stereocenters. The van der Waals surface area contributed by atoms with Crippen molar-refractivity contribution in [2.24, 2.45) is 10.9 Å². The van der Waals surface area contributed by atoms with Crippen LogP contribution in [0.1, 0.15) is 40.5 Å². The molecule has 0 aliphatic heterocycles. The lowest BCUT2D eigenvalue weighted by Crippen LogP contribution is -2.09. The van der Waals surface area contributed by atoms with Crippen molar-refractivity contribution in [3.63, 3.8) is 0 Å². The van der Waals surface area contributed by atoms with Gasteiger partial charge >= 0.3 is 0 Å². The van der Waals surface area contributed by atoms with Gasteiger partial charge in [0.05, 0.1) is 11.1 Å². The van der Waals surface area contributed by atoms with E-state index in [1.807, 2.05) is 19.9 Å². The predicted molar refractivity (Wildman–Crippen MR) is 98.9 cm³/mol. The zero-order chi connectivity index (χ0) is 17.0. The molecule has 0 bridgehead atoms. The Morgan fingerprint density at radius 2 is 1.95 bits per heavy atom. The van der Waals surface area contributed by atoms with Crippen molar-refractivity contribution in [2.45, 2.75) is 45.9 Å². The lowest BCUT2D eigenvalue weighted by molar-refractivity contribution is -0.102. The summed E-state index contributed by atoms with van der Waals surface area (Å²) in [5.41, 5.74) is 2.88. The molecule has 0 aromatic heterocycles. The lowest BCUT2D eigenvalue weighted by Gasteiger charge is -2.09. The lowest BCUT2D eigenvalue weighted by atomic mass is 10.0. The van der Waals surface area contributed by atoms with Gasteiger partial charge in [-0.05, 0) is 32.3 Å². The van der Waals surface area contributed by atoms with Gasteiger partial charge in [0.2, 0.25) is 0 Å². The first-order chi connectivity index (χ1) is 10.5. The van der Waals surface area contributed by atoms with Crippen molar-refractivity contribution in [1.29, 1.82) is 0 Å². The normalized spacial score (nSPS) is 17.3. The fraction of sp³-hybridized carbons (Fsp3) is 0.474. The molecular weight excluding hydrogens is 294 g/mol. The third kappa shape index (κ3) is 8.14. The minimum atomic E-state index is -0.0189. The van der Waals surface area contributed by atoms with Crippen LogP contribution in [0.3, 0.4) is 0 Å². The number of hydrogen-bond acceptors (Lipinski definition) is 2. The van der Waals surface area contributed by atoms with E-state index in [0.29, 0.717) is 5.71 Å². The monoisotopic (exact) mass is 321 g/mol. The molecule has 0 amide bonds. The maximum atomic E-state index is 10.8. The molecule has 2 atom stereocenters. The Labute approximate surface area is 140 Å². The van der Waals surface area contributed by atoms with Gasteiger partial charge < -0.3 is 0 Å². The summed E-state index contributed by atoms with van der Waals surface area (Å²) in [5.74, 6) is 0.0469. The minimum absolute atomic E-state index is 0.0189. The largest absolute Gasteiger partial charge is 0.297 e. The van der Waals surface area contributed by atoms with E-state index < -0.39 is 0 Å². The Kier molecular flexibility index (Phi) is 11.4. The summed E-state index contributed by atoms with van der Waals surface area (Å²) in [7, 11) is 1.64. The minimum Gasteiger partial charge on any atom is -0.297 e. The number of hydrogen-bond donors (Lipinski definition) is 0. The molecule has 0 saturated carbocycles. The molecular formula is C19H28ClNO. The van der Waals surface area contributed by atoms with Gasteiger partial charge in [-0.1, -0.05) is 55.9 Å². The molecule has 0 fully saturated rings. The molecule has 0 heterocycles. The predicted octanol–water partition coefficient (Wildman–Crippen LogP) is 5.30. The highest BCUT2D eigenvalue weighted by Gasteiger charge is 2.06. The zero-order valence-electron chi connectivity index (χ0n) is 14.3. The van der Waals surface area contributed by atoms with Crippen molar-refractivity contribution in [3.05, 3.63) is 47.6 Å². The highest BCUT2D eigenvalue weighted by atomic mass is 35.5. The first kappa shape index (κ1) is 20.6. The summed E-state index contributed by atoms with van der Waals surface area (Å²) < 4.78 is 0. The van der Waals surface area contributed by atoms with E-state index in [0.717, 1.165) is 24.7 Å². The van der Waals surface area contributed by atoms with Crippen LogP contribution in [0.15, 0.2) is 52.6 Å². The van der Waals surface area contributed by atoms with E-state index in [-0.39, 0.29) is 11.3 Å². The van der Waals surface area contributed by atoms with Gasteiger partial charge in [-0.25, -0.2) is 0 Å². The Bertz CT molecular complexity index is 482. The second-order valence-corrected chi connectivity index (χ2v) is 5.84. The molecule has 0 spiro atoms. The maximum Gasteiger partial charge on any atom is 0.164 e. The van der Waals surface area contributed by atoms with Crippen LogP contribution in [0, 0.1) is 5.92 Å². The summed E-state index contributed by atoms with van der Waals surface area (Å²) >= 11 is 6.24. The number of alkyl halides is 1. The fourth-order valence-electron chi connectivity index (χ4n) is 1.99. The molecule has 0 N–H and O–H groups in total. The van der Waals surface area contributed by atoms with Gasteiger partial charge in [0.1, 0.15) is 0 Å². The van der Waals surface area contributed by atoms with Crippen molar-refractivity contribution >= 4 is 23.6 Å². The first-order valence-electron chi connectivity index (χ1n) is 7.74. The number of aliphatic imine (C=N–C) groups is 1. The van der Waals surface area contributed by atoms with Crippen LogP contribution < -0.4 is 0 Å². The molecule has 0 saturated heterocycles. The van der Waals surface area contributed by atoms with Crippen LogP contribution in [0.25, 0.3) is 0 Å². The van der Waals surface area contributed by atoms with E-state index in [4.69, 9.17) is 11.6 Å². The van der Waals surface area contributed by atoms with E-state index in [2.05, 4.69) is 49.2 Å². The number of halogens is 1. The van der Waals surface area contributed by atoms with Crippen LogP contribution in [-0.4, -0.2) is 24.4 Å². The van der Waals surface area contributed by atoms with E-state index in [9.17, 15) is 4.79 Å². The van der Waals surface area contributed by atoms with Crippen LogP contribution in [0.5, 0.6) is 0 Å². The smallest absolute Gasteiger partial charge is 0.164 e. The summed E-state index contributed by atoms with van der Waals surface area (Å²) in [6, 6.07) is 0. The highest BCUT2D eigenvalue weighted by molar-refractivity contribution is 6.29. The van der Waals surface area contributed by atoms with Gasteiger partial charge in [0.15, 0.2) is 6.29 Å². The van der Waals surface area contributed by atoms with Crippen LogP contribution in [0.4, 0.5) is 0 Å². The van der Waals surface area contributed by atoms with E-state index in [1.165, 1.54) is 5.57 Å². The number of carbonyl (C=O) groups excluding carboxylic acids is 1. The Balaban J connectivity index is 4.80. The highest BCUT2D eigenvalue weighted by Crippen LogP contribution is 2.19. The SMILES string of the molecule is CC\C=C/C=C(/C(C)=C/C/C=C/C(C)C(C=O)=NC)C(C)Cl. The molecule has 0 aromatic carbocycles. The van der Waals surface area contributed by atoms with E-state index in [1.54, 1.807) is 7.05 Å². The van der Waals surface area contributed by atoms with Gasteiger partial charge in [-0.2, -0.15) is 0 Å². The van der Waals surface area contributed by atoms with Gasteiger partial charge in [-0.3, -0.25) is 9.79 Å². The average molecular weight is 322 g/mol. The summed E-state index contributed by atoms with van der Waals surface area (Å²) in [6.07, 6.45) is 15.1. The molecule has 0 aliphatic rings. The van der Waals surface area contributed by atoms with Crippen LogP contribution in [-0.2, 0) is 4.79 Å². The third-order valence-electron chi connectivity index (χ3n) is 3.36. The molecule has 0 aliphatic carbocycles. The second-order valence-electron chi connectivity index (χ2n) is 5.18. The van der Waals surface area contributed by atoms with Crippen LogP contribution in [0.2, 0.25) is 0 Å². The van der Waals surface area contributed by atoms with Gasteiger partial charge in [0.25, 0.3) is 0 Å². The van der Waals surface area contributed by atoms with Crippen LogP contribution >= 0.6 is 11.6 Å². The standard InChI is InChI=1S/C19H28ClNO/c1-6-7-8-13-18(17(4)20)15(2)11-9-10-12-16(3)19(14-22)21-5/h7-8,10-14,16-17H,6,9H2,1-5H3/b8-7-,12-10+,15-11+,18-13-,21-19?. The number of carbonyl (C=O) groups is 1. The Morgan fingerprint density at radius 1 is 1.27 bits per heavy atom. The molecule has 0 rings (SSSR count). The number of allylic oxidation sites excluding steroid dienone is 8. The first-order valence-corrected chi connectivity index (χ1v) is 8.17. The Hall–Kier alpha value is -1.41. The van der Waals surface area contributed by atoms with Gasteiger partial charge in [-0.15, -0.1) is 11.6 Å². The zero-order valence-corrected chi connectivity index (χ0v) is 15.1. The number of aldehydes is 1. The van der Waals surface area contributed by atoms with E-state index >= 15 is 0 Å². The van der Waals surface area contributed by atoms with Crippen molar-refractivity contribution in [1.82, 2.24) is 0 Å². The second kappa shape index (κ2) is 12.2. The molecule has 2 nitrogen and oxygen atoms in total. The molecule has 0 radical (unpaired) electrons. The topological polar surface area (TPSA) is 29.4 Å².